The second-order valence-electron chi connectivity index (χ2n) is 4.79. The maximum Gasteiger partial charge on any atom is 0.148 e. The molecule has 0 saturated heterocycles. The van der Waals surface area contributed by atoms with Gasteiger partial charge in [-0.3, -0.25) is 0 Å². The van der Waals surface area contributed by atoms with Gasteiger partial charge in [0.2, 0.25) is 0 Å². The van der Waals surface area contributed by atoms with Gasteiger partial charge in [-0.1, -0.05) is 12.1 Å². The van der Waals surface area contributed by atoms with E-state index in [4.69, 9.17) is 4.74 Å². The molecule has 0 bridgehead atoms. The number of halogens is 1. The average molecular weight is 298 g/mol. The van der Waals surface area contributed by atoms with Crippen molar-refractivity contribution in [2.45, 2.75) is 6.61 Å². The van der Waals surface area contributed by atoms with Gasteiger partial charge in [-0.05, 0) is 36.4 Å². The molecule has 4 nitrogen and oxygen atoms in total. The van der Waals surface area contributed by atoms with Crippen molar-refractivity contribution >= 4 is 0 Å². The first-order chi connectivity index (χ1) is 10.7. The summed E-state index contributed by atoms with van der Waals surface area (Å²) in [5.74, 6) is 0.374. The summed E-state index contributed by atoms with van der Waals surface area (Å²) >= 11 is 0. The zero-order valence-electron chi connectivity index (χ0n) is 12.0. The third kappa shape index (κ3) is 2.58. The van der Waals surface area contributed by atoms with E-state index in [1.807, 2.05) is 24.3 Å². The van der Waals surface area contributed by atoms with Gasteiger partial charge in [0.25, 0.3) is 0 Å². The van der Waals surface area contributed by atoms with E-state index >= 15 is 0 Å². The smallest absolute Gasteiger partial charge is 0.148 e. The fourth-order valence-electron chi connectivity index (χ4n) is 2.28. The Morgan fingerprint density at radius 2 is 1.86 bits per heavy atom. The van der Waals surface area contributed by atoms with Crippen LogP contribution in [0.15, 0.2) is 54.7 Å². The summed E-state index contributed by atoms with van der Waals surface area (Å²) < 4.78 is 20.5. The number of aliphatic hydroxyl groups excluding tert-OH is 1. The van der Waals surface area contributed by atoms with E-state index in [1.165, 1.54) is 10.7 Å². The fourth-order valence-corrected chi connectivity index (χ4v) is 2.28. The summed E-state index contributed by atoms with van der Waals surface area (Å²) in [6.07, 6.45) is 1.64. The van der Waals surface area contributed by atoms with Crippen molar-refractivity contribution in [2.24, 2.45) is 0 Å². The molecule has 0 aliphatic rings. The van der Waals surface area contributed by atoms with Crippen molar-refractivity contribution in [3.63, 3.8) is 0 Å². The number of methoxy groups -OCH3 is 1. The molecule has 0 amide bonds. The number of ether oxygens (including phenoxy) is 1. The molecule has 0 aliphatic carbocycles. The summed E-state index contributed by atoms with van der Waals surface area (Å²) in [6.45, 7) is -0.171. The van der Waals surface area contributed by atoms with Crippen LogP contribution in [0, 0.1) is 5.82 Å². The van der Waals surface area contributed by atoms with Crippen LogP contribution < -0.4 is 4.74 Å². The second kappa shape index (κ2) is 5.99. The first-order valence-corrected chi connectivity index (χ1v) is 6.81. The number of hydrogen-bond acceptors (Lipinski definition) is 3. The number of benzene rings is 2. The van der Waals surface area contributed by atoms with E-state index < -0.39 is 0 Å². The van der Waals surface area contributed by atoms with Crippen molar-refractivity contribution in [1.82, 2.24) is 9.78 Å². The van der Waals surface area contributed by atoms with E-state index in [9.17, 15) is 9.50 Å². The molecule has 5 heteroatoms. The third-order valence-corrected chi connectivity index (χ3v) is 3.42. The Balaban J connectivity index is 2.06. The zero-order valence-corrected chi connectivity index (χ0v) is 12.0. The van der Waals surface area contributed by atoms with Crippen LogP contribution in [0.2, 0.25) is 0 Å². The van der Waals surface area contributed by atoms with Crippen molar-refractivity contribution in [2.75, 3.05) is 7.11 Å². The number of nitrogens with zero attached hydrogens (tertiary/aromatic N) is 2. The molecular formula is C17H15FN2O2. The molecule has 0 fully saturated rings. The largest absolute Gasteiger partial charge is 0.497 e. The van der Waals surface area contributed by atoms with Crippen LogP contribution in [-0.2, 0) is 6.61 Å². The second-order valence-corrected chi connectivity index (χ2v) is 4.79. The Hall–Kier alpha value is -2.66. The lowest BCUT2D eigenvalue weighted by molar-refractivity contribution is 0.282. The molecule has 3 aromatic rings. The highest BCUT2D eigenvalue weighted by Crippen LogP contribution is 2.26. The lowest BCUT2D eigenvalue weighted by Crippen LogP contribution is -1.98. The van der Waals surface area contributed by atoms with Gasteiger partial charge in [0.15, 0.2) is 0 Å². The van der Waals surface area contributed by atoms with Gasteiger partial charge in [0.1, 0.15) is 17.3 Å². The normalized spacial score (nSPS) is 10.7. The molecule has 1 aromatic heterocycles. The van der Waals surface area contributed by atoms with Crippen molar-refractivity contribution in [1.29, 1.82) is 0 Å². The fraction of sp³-hybridized carbons (Fsp3) is 0.118. The molecule has 0 atom stereocenters. The highest BCUT2D eigenvalue weighted by molar-refractivity contribution is 5.64. The van der Waals surface area contributed by atoms with Gasteiger partial charge < -0.3 is 9.84 Å². The number of aromatic nitrogens is 2. The van der Waals surface area contributed by atoms with Gasteiger partial charge in [-0.25, -0.2) is 9.07 Å². The average Bonchev–Trinajstić information content (AvgIpc) is 2.99. The quantitative estimate of drug-likeness (QED) is 0.804. The Morgan fingerprint density at radius 1 is 1.14 bits per heavy atom. The molecule has 0 unspecified atom stereocenters. The zero-order chi connectivity index (χ0) is 15.5. The van der Waals surface area contributed by atoms with Crippen molar-refractivity contribution in [3.8, 4) is 22.7 Å². The molecule has 3 rings (SSSR count). The summed E-state index contributed by atoms with van der Waals surface area (Å²) in [7, 11) is 1.60. The monoisotopic (exact) mass is 298 g/mol. The first-order valence-electron chi connectivity index (χ1n) is 6.81. The third-order valence-electron chi connectivity index (χ3n) is 3.42. The number of para-hydroxylation sites is 1. The van der Waals surface area contributed by atoms with Crippen LogP contribution in [0.5, 0.6) is 5.75 Å². The predicted octanol–water partition coefficient (Wildman–Crippen LogP) is 3.18. The van der Waals surface area contributed by atoms with E-state index in [0.29, 0.717) is 16.9 Å². The Morgan fingerprint density at radius 3 is 2.50 bits per heavy atom. The summed E-state index contributed by atoms with van der Waals surface area (Å²) in [5, 5.41) is 14.0. The number of aliphatic hydroxyl groups is 1. The lowest BCUT2D eigenvalue weighted by atomic mass is 10.1. The van der Waals surface area contributed by atoms with E-state index in [2.05, 4.69) is 5.10 Å². The maximum atomic E-state index is 13.9. The minimum Gasteiger partial charge on any atom is -0.497 e. The van der Waals surface area contributed by atoms with Crippen LogP contribution in [0.25, 0.3) is 16.9 Å². The minimum absolute atomic E-state index is 0.171. The van der Waals surface area contributed by atoms with Crippen LogP contribution in [0.4, 0.5) is 4.39 Å². The van der Waals surface area contributed by atoms with Crippen LogP contribution in [-0.4, -0.2) is 22.0 Å². The Labute approximate surface area is 127 Å². The van der Waals surface area contributed by atoms with Gasteiger partial charge >= 0.3 is 0 Å². The molecule has 112 valence electrons. The van der Waals surface area contributed by atoms with E-state index in [-0.39, 0.29) is 12.4 Å². The number of hydrogen-bond donors (Lipinski definition) is 1. The molecule has 2 aromatic carbocycles. The Bertz CT molecular complexity index is 782. The Kier molecular flexibility index (Phi) is 3.89. The highest BCUT2D eigenvalue weighted by Gasteiger charge is 2.13. The van der Waals surface area contributed by atoms with Crippen molar-refractivity contribution < 1.29 is 14.2 Å². The van der Waals surface area contributed by atoms with Gasteiger partial charge in [-0.2, -0.15) is 5.10 Å². The molecule has 22 heavy (non-hydrogen) atoms. The van der Waals surface area contributed by atoms with Crippen LogP contribution >= 0.6 is 0 Å². The first kappa shape index (κ1) is 14.3. The molecular weight excluding hydrogens is 283 g/mol. The van der Waals surface area contributed by atoms with Crippen molar-refractivity contribution in [3.05, 3.63) is 66.1 Å². The molecule has 1 N–H and O–H groups in total. The lowest BCUT2D eigenvalue weighted by Gasteiger charge is -2.03. The molecule has 1 heterocycles. The maximum absolute atomic E-state index is 13.9. The topological polar surface area (TPSA) is 47.3 Å². The summed E-state index contributed by atoms with van der Waals surface area (Å²) in [6, 6.07) is 13.7. The minimum atomic E-state index is -0.365. The van der Waals surface area contributed by atoms with Gasteiger partial charge in [0, 0.05) is 17.3 Å². The molecule has 0 saturated carbocycles. The van der Waals surface area contributed by atoms with E-state index in [1.54, 1.807) is 31.5 Å². The SMILES string of the molecule is COc1ccc(-c2nn(-c3ccccc3F)cc2CO)cc1. The van der Waals surface area contributed by atoms with Gasteiger partial charge in [-0.15, -0.1) is 0 Å². The van der Waals surface area contributed by atoms with Gasteiger partial charge in [0.05, 0.1) is 19.4 Å². The highest BCUT2D eigenvalue weighted by atomic mass is 19.1. The van der Waals surface area contributed by atoms with Crippen LogP contribution in [0.1, 0.15) is 5.56 Å². The molecule has 0 spiro atoms. The van der Waals surface area contributed by atoms with Crippen LogP contribution in [0.3, 0.4) is 0 Å². The van der Waals surface area contributed by atoms with E-state index in [0.717, 1.165) is 11.3 Å². The standard InChI is InChI=1S/C17H15FN2O2/c1-22-14-8-6-12(7-9-14)17-13(11-21)10-20(19-17)16-5-3-2-4-15(16)18/h2-10,21H,11H2,1H3. The molecule has 0 aliphatic heterocycles. The summed E-state index contributed by atoms with van der Waals surface area (Å²) in [5.41, 5.74) is 2.43. The summed E-state index contributed by atoms with van der Waals surface area (Å²) in [4.78, 5) is 0. The molecule has 0 radical (unpaired) electrons. The number of rotatable bonds is 4. The predicted molar refractivity (Wildman–Crippen MR) is 81.4 cm³/mol.